The van der Waals surface area contributed by atoms with Crippen LogP contribution in [-0.4, -0.2) is 39.0 Å². The number of nitrogens with zero attached hydrogens (tertiary/aromatic N) is 4. The molecule has 2 aliphatic rings. The van der Waals surface area contributed by atoms with Gasteiger partial charge in [-0.15, -0.1) is 0 Å². The van der Waals surface area contributed by atoms with E-state index in [1.54, 1.807) is 23.1 Å². The summed E-state index contributed by atoms with van der Waals surface area (Å²) in [7, 11) is 0. The smallest absolute Gasteiger partial charge is 0.256 e. The molecule has 1 aliphatic carbocycles. The fourth-order valence-electron chi connectivity index (χ4n) is 4.10. The predicted molar refractivity (Wildman–Crippen MR) is 109 cm³/mol. The maximum absolute atomic E-state index is 14.0. The van der Waals surface area contributed by atoms with Gasteiger partial charge in [-0.2, -0.15) is 0 Å². The van der Waals surface area contributed by atoms with Gasteiger partial charge in [0.2, 0.25) is 0 Å². The van der Waals surface area contributed by atoms with Crippen molar-refractivity contribution in [2.24, 2.45) is 0 Å². The van der Waals surface area contributed by atoms with Crippen molar-refractivity contribution >= 4 is 5.91 Å². The molecule has 1 aromatic carbocycles. The average Bonchev–Trinajstić information content (AvgIpc) is 3.54. The number of likely N-dealkylation sites (tertiary alicyclic amines) is 1. The highest BCUT2D eigenvalue weighted by atomic mass is 19.1. The minimum absolute atomic E-state index is 0.131. The van der Waals surface area contributed by atoms with Crippen LogP contribution in [-0.2, 0) is 0 Å². The number of hydrogen-bond acceptors (Lipinski definition) is 5. The number of benzene rings is 1. The summed E-state index contributed by atoms with van der Waals surface area (Å²) in [6.45, 7) is 3.02. The number of amides is 1. The number of hydrogen-bond donors (Lipinski definition) is 0. The first-order valence-corrected chi connectivity index (χ1v) is 10.4. The van der Waals surface area contributed by atoms with E-state index >= 15 is 0 Å². The molecule has 6 nitrogen and oxygen atoms in total. The van der Waals surface area contributed by atoms with Crippen LogP contribution in [0.5, 0.6) is 0 Å². The Kier molecular flexibility index (Phi) is 4.81. The minimum atomic E-state index is -0.475. The summed E-state index contributed by atoms with van der Waals surface area (Å²) in [6.07, 6.45) is 5.65. The van der Waals surface area contributed by atoms with E-state index < -0.39 is 5.82 Å². The monoisotopic (exact) mass is 406 g/mol. The Labute approximate surface area is 174 Å². The van der Waals surface area contributed by atoms with E-state index in [4.69, 9.17) is 9.51 Å². The Balaban J connectivity index is 1.38. The summed E-state index contributed by atoms with van der Waals surface area (Å²) in [4.78, 5) is 24.0. The lowest BCUT2D eigenvalue weighted by Gasteiger charge is -2.32. The molecule has 0 spiro atoms. The molecular formula is C23H23FN4O2. The largest absolute Gasteiger partial charge is 0.356 e. The van der Waals surface area contributed by atoms with Crippen molar-refractivity contribution in [3.05, 3.63) is 65.1 Å². The van der Waals surface area contributed by atoms with Gasteiger partial charge in [-0.3, -0.25) is 4.79 Å². The van der Waals surface area contributed by atoms with Crippen molar-refractivity contribution in [1.82, 2.24) is 20.0 Å². The number of carbonyl (C=O) groups is 1. The quantitative estimate of drug-likeness (QED) is 0.639. The van der Waals surface area contributed by atoms with Gasteiger partial charge in [0.15, 0.2) is 5.76 Å². The van der Waals surface area contributed by atoms with E-state index in [9.17, 15) is 9.18 Å². The van der Waals surface area contributed by atoms with Crippen molar-refractivity contribution in [2.75, 3.05) is 13.1 Å². The fourth-order valence-corrected chi connectivity index (χ4v) is 4.10. The topological polar surface area (TPSA) is 72.1 Å². The van der Waals surface area contributed by atoms with Crippen molar-refractivity contribution in [3.8, 4) is 11.3 Å². The Hall–Kier alpha value is -3.09. The van der Waals surface area contributed by atoms with Crippen LogP contribution >= 0.6 is 0 Å². The molecule has 1 aliphatic heterocycles. The van der Waals surface area contributed by atoms with Crippen LogP contribution in [0.3, 0.4) is 0 Å². The van der Waals surface area contributed by atoms with E-state index in [1.807, 2.05) is 19.2 Å². The zero-order valence-electron chi connectivity index (χ0n) is 16.8. The van der Waals surface area contributed by atoms with Gasteiger partial charge in [0.1, 0.15) is 11.6 Å². The predicted octanol–water partition coefficient (Wildman–Crippen LogP) is 4.48. The number of aryl methyl sites for hydroxylation is 1. The molecule has 0 bridgehead atoms. The molecule has 30 heavy (non-hydrogen) atoms. The maximum Gasteiger partial charge on any atom is 0.256 e. The first-order chi connectivity index (χ1) is 14.6. The molecule has 0 unspecified atom stereocenters. The van der Waals surface area contributed by atoms with Crippen molar-refractivity contribution in [2.45, 2.75) is 44.4 Å². The van der Waals surface area contributed by atoms with Crippen LogP contribution < -0.4 is 0 Å². The standard InChI is InChI=1S/C23H23FN4O2/c1-14-12-20(30-27-14)18-13-25-22(16-6-7-16)26-21(18)15-8-10-28(11-9-15)23(29)17-4-2-3-5-19(17)24/h2-5,12-13,15-16H,6-11H2,1H3. The van der Waals surface area contributed by atoms with Gasteiger partial charge in [0.25, 0.3) is 5.91 Å². The van der Waals surface area contributed by atoms with E-state index in [0.29, 0.717) is 24.8 Å². The average molecular weight is 406 g/mol. The molecule has 3 aromatic rings. The summed E-state index contributed by atoms with van der Waals surface area (Å²) in [5, 5.41) is 4.01. The number of halogens is 1. The molecule has 5 rings (SSSR count). The summed E-state index contributed by atoms with van der Waals surface area (Å²) < 4.78 is 19.5. The van der Waals surface area contributed by atoms with Gasteiger partial charge in [-0.1, -0.05) is 17.3 Å². The molecule has 3 heterocycles. The third-order valence-corrected chi connectivity index (χ3v) is 5.95. The van der Waals surface area contributed by atoms with Crippen molar-refractivity contribution in [3.63, 3.8) is 0 Å². The SMILES string of the molecule is Cc1cc(-c2cnc(C3CC3)nc2C2CCN(C(=O)c3ccccc3F)CC2)on1. The Bertz CT molecular complexity index is 1080. The third kappa shape index (κ3) is 3.60. The second-order valence-corrected chi connectivity index (χ2v) is 8.18. The molecule has 1 saturated heterocycles. The summed E-state index contributed by atoms with van der Waals surface area (Å²) in [5.74, 6) is 1.49. The van der Waals surface area contributed by atoms with Gasteiger partial charge in [-0.05, 0) is 44.7 Å². The van der Waals surface area contributed by atoms with E-state index in [0.717, 1.165) is 48.5 Å². The lowest BCUT2D eigenvalue weighted by Crippen LogP contribution is -2.38. The lowest BCUT2D eigenvalue weighted by molar-refractivity contribution is 0.0707. The van der Waals surface area contributed by atoms with Gasteiger partial charge in [0.05, 0.1) is 22.5 Å². The normalized spacial score (nSPS) is 17.3. The summed E-state index contributed by atoms with van der Waals surface area (Å²) in [5.41, 5.74) is 2.79. The first-order valence-electron chi connectivity index (χ1n) is 10.4. The molecule has 1 amide bonds. The number of carbonyl (C=O) groups excluding carboxylic acids is 1. The van der Waals surface area contributed by atoms with Gasteiger partial charge >= 0.3 is 0 Å². The number of piperidine rings is 1. The van der Waals surface area contributed by atoms with Crippen LogP contribution in [0.4, 0.5) is 4.39 Å². The van der Waals surface area contributed by atoms with Crippen LogP contribution in [0, 0.1) is 12.7 Å². The number of aromatic nitrogens is 3. The zero-order chi connectivity index (χ0) is 20.7. The van der Waals surface area contributed by atoms with Crippen LogP contribution in [0.25, 0.3) is 11.3 Å². The maximum atomic E-state index is 14.0. The fraction of sp³-hybridized carbons (Fsp3) is 0.391. The van der Waals surface area contributed by atoms with Gasteiger partial charge in [-0.25, -0.2) is 14.4 Å². The summed E-state index contributed by atoms with van der Waals surface area (Å²) >= 11 is 0. The second kappa shape index (κ2) is 7.63. The van der Waals surface area contributed by atoms with Crippen LogP contribution in [0.2, 0.25) is 0 Å². The minimum Gasteiger partial charge on any atom is -0.356 e. The molecule has 0 N–H and O–H groups in total. The third-order valence-electron chi connectivity index (χ3n) is 5.95. The van der Waals surface area contributed by atoms with E-state index in [-0.39, 0.29) is 17.4 Å². The zero-order valence-corrected chi connectivity index (χ0v) is 16.8. The molecule has 2 aromatic heterocycles. The molecule has 7 heteroatoms. The first kappa shape index (κ1) is 18.9. The molecule has 0 atom stereocenters. The van der Waals surface area contributed by atoms with E-state index in [1.165, 1.54) is 6.07 Å². The van der Waals surface area contributed by atoms with Gasteiger partial charge < -0.3 is 9.42 Å². The Morgan fingerprint density at radius 1 is 1.13 bits per heavy atom. The molecular weight excluding hydrogens is 383 g/mol. The van der Waals surface area contributed by atoms with Crippen LogP contribution in [0.15, 0.2) is 41.1 Å². The highest BCUT2D eigenvalue weighted by Crippen LogP contribution is 2.41. The summed E-state index contributed by atoms with van der Waals surface area (Å²) in [6, 6.07) is 8.05. The van der Waals surface area contributed by atoms with E-state index in [2.05, 4.69) is 10.1 Å². The Morgan fingerprint density at radius 3 is 2.57 bits per heavy atom. The van der Waals surface area contributed by atoms with Gasteiger partial charge in [0, 0.05) is 37.2 Å². The highest BCUT2D eigenvalue weighted by Gasteiger charge is 2.32. The van der Waals surface area contributed by atoms with Crippen LogP contribution in [0.1, 0.15) is 65.1 Å². The number of rotatable bonds is 4. The highest BCUT2D eigenvalue weighted by molar-refractivity contribution is 5.94. The molecule has 2 fully saturated rings. The lowest BCUT2D eigenvalue weighted by atomic mass is 9.89. The van der Waals surface area contributed by atoms with Crippen molar-refractivity contribution < 1.29 is 13.7 Å². The molecule has 0 radical (unpaired) electrons. The molecule has 154 valence electrons. The van der Waals surface area contributed by atoms with Crippen molar-refractivity contribution in [1.29, 1.82) is 0 Å². The Morgan fingerprint density at radius 2 is 1.90 bits per heavy atom. The molecule has 1 saturated carbocycles. The second-order valence-electron chi connectivity index (χ2n) is 8.18.